The topological polar surface area (TPSA) is 29.1 Å². The Morgan fingerprint density at radius 1 is 1.31 bits per heavy atom. The van der Waals surface area contributed by atoms with Crippen molar-refractivity contribution in [1.29, 1.82) is 0 Å². The van der Waals surface area contributed by atoms with Gasteiger partial charge < -0.3 is 5.32 Å². The lowest BCUT2D eigenvalue weighted by Gasteiger charge is -2.33. The Bertz CT molecular complexity index is 292. The van der Waals surface area contributed by atoms with Crippen molar-refractivity contribution in [1.82, 2.24) is 5.32 Å². The SMILES string of the molecule is CC(C)(C)CC(C)(C)NC(=O)C1CC1(Cl)Cl. The maximum atomic E-state index is 11.8. The molecule has 0 aromatic carbocycles. The molecule has 2 nitrogen and oxygen atoms in total. The fourth-order valence-corrected chi connectivity index (χ4v) is 2.80. The summed E-state index contributed by atoms with van der Waals surface area (Å²) in [6, 6.07) is 0. The summed E-state index contributed by atoms with van der Waals surface area (Å²) in [6.07, 6.45) is 1.48. The average Bonchev–Trinajstić information content (AvgIpc) is 2.52. The molecule has 0 spiro atoms. The van der Waals surface area contributed by atoms with Crippen molar-refractivity contribution in [2.24, 2.45) is 11.3 Å². The quantitative estimate of drug-likeness (QED) is 0.778. The van der Waals surface area contributed by atoms with Crippen LogP contribution in [0, 0.1) is 11.3 Å². The summed E-state index contributed by atoms with van der Waals surface area (Å²) in [7, 11) is 0. The molecule has 1 saturated carbocycles. The first-order chi connectivity index (χ1) is 6.93. The smallest absolute Gasteiger partial charge is 0.226 e. The molecule has 0 heterocycles. The number of carbonyl (C=O) groups is 1. The van der Waals surface area contributed by atoms with Crippen molar-refractivity contribution >= 4 is 29.1 Å². The van der Waals surface area contributed by atoms with E-state index < -0.39 is 4.33 Å². The first kappa shape index (κ1) is 14.1. The Morgan fingerprint density at radius 3 is 2.06 bits per heavy atom. The maximum absolute atomic E-state index is 11.8. The number of hydrogen-bond acceptors (Lipinski definition) is 1. The van der Waals surface area contributed by atoms with Crippen molar-refractivity contribution in [2.45, 2.75) is 57.3 Å². The maximum Gasteiger partial charge on any atom is 0.226 e. The molecule has 94 valence electrons. The third kappa shape index (κ3) is 4.14. The van der Waals surface area contributed by atoms with Crippen molar-refractivity contribution in [3.63, 3.8) is 0 Å². The zero-order valence-corrected chi connectivity index (χ0v) is 12.2. The number of halogens is 2. The number of hydrogen-bond donors (Lipinski definition) is 1. The Kier molecular flexibility index (Phi) is 3.58. The Morgan fingerprint density at radius 2 is 1.75 bits per heavy atom. The summed E-state index contributed by atoms with van der Waals surface area (Å²) in [5.74, 6) is -0.269. The summed E-state index contributed by atoms with van der Waals surface area (Å²) in [5, 5.41) is 3.02. The summed E-state index contributed by atoms with van der Waals surface area (Å²) in [4.78, 5) is 11.8. The van der Waals surface area contributed by atoms with Crippen molar-refractivity contribution in [2.75, 3.05) is 0 Å². The molecule has 1 rings (SSSR count). The summed E-state index contributed by atoms with van der Waals surface area (Å²) >= 11 is 11.7. The highest BCUT2D eigenvalue weighted by molar-refractivity contribution is 6.52. The van der Waals surface area contributed by atoms with Crippen LogP contribution in [0.3, 0.4) is 0 Å². The molecule has 0 bridgehead atoms. The largest absolute Gasteiger partial charge is 0.351 e. The van der Waals surface area contributed by atoms with Crippen LogP contribution in [0.5, 0.6) is 0 Å². The second-order valence-corrected chi connectivity index (χ2v) is 8.17. The van der Waals surface area contributed by atoms with E-state index in [4.69, 9.17) is 23.2 Å². The van der Waals surface area contributed by atoms with Gasteiger partial charge in [0.1, 0.15) is 4.33 Å². The van der Waals surface area contributed by atoms with E-state index >= 15 is 0 Å². The van der Waals surface area contributed by atoms with Crippen molar-refractivity contribution in [3.05, 3.63) is 0 Å². The van der Waals surface area contributed by atoms with E-state index in [9.17, 15) is 4.79 Å². The highest BCUT2D eigenvalue weighted by Gasteiger charge is 2.56. The van der Waals surface area contributed by atoms with Crippen LogP contribution in [0.15, 0.2) is 0 Å². The lowest BCUT2D eigenvalue weighted by atomic mass is 9.81. The van der Waals surface area contributed by atoms with E-state index in [1.807, 2.05) is 13.8 Å². The molecule has 16 heavy (non-hydrogen) atoms. The Labute approximate surface area is 108 Å². The van der Waals surface area contributed by atoms with Gasteiger partial charge in [-0.2, -0.15) is 0 Å². The molecule has 0 aromatic heterocycles. The van der Waals surface area contributed by atoms with E-state index in [2.05, 4.69) is 26.1 Å². The van der Waals surface area contributed by atoms with Gasteiger partial charge in [0.25, 0.3) is 0 Å². The second-order valence-electron chi connectivity index (χ2n) is 6.63. The number of amides is 1. The van der Waals surface area contributed by atoms with Gasteiger partial charge in [0, 0.05) is 5.54 Å². The van der Waals surface area contributed by atoms with Crippen LogP contribution >= 0.6 is 23.2 Å². The predicted octanol–water partition coefficient (Wildman–Crippen LogP) is 3.51. The first-order valence-corrected chi connectivity index (χ1v) is 6.38. The number of carbonyl (C=O) groups excluding carboxylic acids is 1. The molecule has 1 aliphatic carbocycles. The summed E-state index contributed by atoms with van der Waals surface area (Å²) in [5.41, 5.74) is -0.0405. The average molecular weight is 266 g/mol. The van der Waals surface area contributed by atoms with E-state index in [0.29, 0.717) is 6.42 Å². The molecule has 1 aliphatic rings. The molecule has 4 heteroatoms. The van der Waals surface area contributed by atoms with Crippen LogP contribution in [-0.4, -0.2) is 15.8 Å². The summed E-state index contributed by atoms with van der Waals surface area (Å²) in [6.45, 7) is 10.5. The van der Waals surface area contributed by atoms with Gasteiger partial charge in [-0.3, -0.25) is 4.79 Å². The lowest BCUT2D eigenvalue weighted by molar-refractivity contribution is -0.124. The van der Waals surface area contributed by atoms with E-state index in [1.54, 1.807) is 0 Å². The van der Waals surface area contributed by atoms with Gasteiger partial charge in [-0.1, -0.05) is 20.8 Å². The fourth-order valence-electron chi connectivity index (χ4n) is 2.29. The van der Waals surface area contributed by atoms with Crippen molar-refractivity contribution in [3.8, 4) is 0 Å². The van der Waals surface area contributed by atoms with E-state index in [0.717, 1.165) is 6.42 Å². The van der Waals surface area contributed by atoms with Crippen LogP contribution in [0.2, 0.25) is 0 Å². The Hall–Kier alpha value is 0.0500. The molecule has 1 amide bonds. The number of nitrogens with one attached hydrogen (secondary N) is 1. The Balaban J connectivity index is 2.50. The van der Waals surface area contributed by atoms with Gasteiger partial charge in [0.05, 0.1) is 5.92 Å². The van der Waals surface area contributed by atoms with Gasteiger partial charge in [-0.05, 0) is 32.1 Å². The highest BCUT2D eigenvalue weighted by atomic mass is 35.5. The molecular weight excluding hydrogens is 245 g/mol. The highest BCUT2D eigenvalue weighted by Crippen LogP contribution is 2.53. The molecule has 0 aliphatic heterocycles. The number of alkyl halides is 2. The fraction of sp³-hybridized carbons (Fsp3) is 0.917. The van der Waals surface area contributed by atoms with Gasteiger partial charge in [0.2, 0.25) is 5.91 Å². The second kappa shape index (κ2) is 4.06. The molecule has 0 saturated heterocycles. The zero-order valence-electron chi connectivity index (χ0n) is 10.7. The zero-order chi connectivity index (χ0) is 12.8. The minimum absolute atomic E-state index is 0.0285. The van der Waals surface area contributed by atoms with Crippen LogP contribution in [0.25, 0.3) is 0 Å². The van der Waals surface area contributed by atoms with Gasteiger partial charge >= 0.3 is 0 Å². The van der Waals surface area contributed by atoms with Crippen molar-refractivity contribution < 1.29 is 4.79 Å². The van der Waals surface area contributed by atoms with Gasteiger partial charge in [-0.15, -0.1) is 23.2 Å². The third-order valence-electron chi connectivity index (χ3n) is 2.58. The van der Waals surface area contributed by atoms with Crippen LogP contribution in [0.4, 0.5) is 0 Å². The minimum atomic E-state index is -0.831. The predicted molar refractivity (Wildman–Crippen MR) is 68.8 cm³/mol. The molecular formula is C12H21Cl2NO. The van der Waals surface area contributed by atoms with E-state index in [-0.39, 0.29) is 22.8 Å². The van der Waals surface area contributed by atoms with Gasteiger partial charge in [-0.25, -0.2) is 0 Å². The first-order valence-electron chi connectivity index (χ1n) is 5.63. The van der Waals surface area contributed by atoms with E-state index in [1.165, 1.54) is 0 Å². The van der Waals surface area contributed by atoms with Crippen LogP contribution < -0.4 is 5.32 Å². The lowest BCUT2D eigenvalue weighted by Crippen LogP contribution is -2.46. The normalized spacial score (nSPS) is 24.1. The monoisotopic (exact) mass is 265 g/mol. The standard InChI is InChI=1S/C12H21Cl2NO/c1-10(2,3)7-11(4,5)15-9(16)8-6-12(8,13)14/h8H,6-7H2,1-5H3,(H,15,16). The number of rotatable bonds is 3. The molecule has 0 aromatic rings. The molecule has 1 N–H and O–H groups in total. The molecule has 1 atom stereocenters. The van der Waals surface area contributed by atoms with Crippen LogP contribution in [0.1, 0.15) is 47.5 Å². The molecule has 1 unspecified atom stereocenters. The molecule has 1 fully saturated rings. The van der Waals surface area contributed by atoms with Crippen LogP contribution in [-0.2, 0) is 4.79 Å². The summed E-state index contributed by atoms with van der Waals surface area (Å²) < 4.78 is -0.831. The molecule has 0 radical (unpaired) electrons. The third-order valence-corrected chi connectivity index (χ3v) is 3.41. The van der Waals surface area contributed by atoms with Gasteiger partial charge in [0.15, 0.2) is 0 Å². The minimum Gasteiger partial charge on any atom is -0.351 e.